The fourth-order valence-electron chi connectivity index (χ4n) is 1.83. The van der Waals surface area contributed by atoms with Crippen LogP contribution in [0.5, 0.6) is 0 Å². The largest absolute Gasteiger partial charge is 0.370 e. The molecule has 0 aliphatic rings. The molecule has 2 N–H and O–H groups in total. The zero-order chi connectivity index (χ0) is 16.1. The maximum absolute atomic E-state index is 12.5. The van der Waals surface area contributed by atoms with Crippen LogP contribution in [0.2, 0.25) is 0 Å². The van der Waals surface area contributed by atoms with Crippen molar-refractivity contribution in [1.29, 1.82) is 0 Å². The van der Waals surface area contributed by atoms with Gasteiger partial charge in [-0.25, -0.2) is 0 Å². The monoisotopic (exact) mass is 318 g/mol. The molecule has 0 spiro atoms. The standard InChI is InChI=1S/C15H18N4O2S/c1-10(2)14-17-18-15(22-14)19(11-6-4-3-5-7-11)13(21)9-8-12(16)20/h3-7,10H,8-9H2,1-2H3,(H2,16,20). The maximum Gasteiger partial charge on any atom is 0.233 e. The summed E-state index contributed by atoms with van der Waals surface area (Å²) in [5, 5.41) is 9.61. The summed E-state index contributed by atoms with van der Waals surface area (Å²) in [6, 6.07) is 9.19. The van der Waals surface area contributed by atoms with E-state index in [2.05, 4.69) is 10.2 Å². The summed E-state index contributed by atoms with van der Waals surface area (Å²) >= 11 is 1.37. The van der Waals surface area contributed by atoms with Gasteiger partial charge in [0, 0.05) is 18.8 Å². The number of para-hydroxylation sites is 1. The molecule has 1 heterocycles. The van der Waals surface area contributed by atoms with Gasteiger partial charge in [-0.1, -0.05) is 43.4 Å². The zero-order valence-corrected chi connectivity index (χ0v) is 13.3. The Labute approximate surface area is 133 Å². The van der Waals surface area contributed by atoms with Crippen LogP contribution in [0.3, 0.4) is 0 Å². The van der Waals surface area contributed by atoms with Crippen LogP contribution in [-0.4, -0.2) is 22.0 Å². The first-order valence-corrected chi connectivity index (χ1v) is 7.80. The number of primary amides is 1. The summed E-state index contributed by atoms with van der Waals surface area (Å²) in [5.41, 5.74) is 5.82. The molecule has 0 fully saturated rings. The van der Waals surface area contributed by atoms with E-state index in [-0.39, 0.29) is 24.7 Å². The lowest BCUT2D eigenvalue weighted by molar-refractivity contribution is -0.123. The van der Waals surface area contributed by atoms with Crippen molar-refractivity contribution in [3.8, 4) is 0 Å². The minimum Gasteiger partial charge on any atom is -0.370 e. The van der Waals surface area contributed by atoms with E-state index in [0.717, 1.165) is 5.01 Å². The molecule has 0 aliphatic carbocycles. The Kier molecular flexibility index (Phi) is 5.21. The smallest absolute Gasteiger partial charge is 0.233 e. The molecule has 6 nitrogen and oxygen atoms in total. The summed E-state index contributed by atoms with van der Waals surface area (Å²) in [5.74, 6) is -0.484. The Morgan fingerprint density at radius 1 is 1.18 bits per heavy atom. The van der Waals surface area contributed by atoms with E-state index in [1.165, 1.54) is 16.2 Å². The Balaban J connectivity index is 2.32. The van der Waals surface area contributed by atoms with E-state index in [1.54, 1.807) is 0 Å². The van der Waals surface area contributed by atoms with E-state index in [4.69, 9.17) is 5.73 Å². The molecule has 0 radical (unpaired) electrons. The number of hydrogen-bond acceptors (Lipinski definition) is 5. The number of aromatic nitrogens is 2. The van der Waals surface area contributed by atoms with Crippen LogP contribution in [0, 0.1) is 0 Å². The minimum atomic E-state index is -0.499. The number of nitrogens with zero attached hydrogens (tertiary/aromatic N) is 3. The van der Waals surface area contributed by atoms with Gasteiger partial charge in [-0.05, 0) is 12.1 Å². The molecule has 7 heteroatoms. The van der Waals surface area contributed by atoms with Crippen molar-refractivity contribution >= 4 is 34.0 Å². The minimum absolute atomic E-state index is 0.0119. The number of benzene rings is 1. The van der Waals surface area contributed by atoms with Crippen LogP contribution in [0.25, 0.3) is 0 Å². The second-order valence-electron chi connectivity index (χ2n) is 5.11. The highest BCUT2D eigenvalue weighted by Gasteiger charge is 2.22. The van der Waals surface area contributed by atoms with Crippen LogP contribution < -0.4 is 10.6 Å². The quantitative estimate of drug-likeness (QED) is 0.886. The molecule has 0 unspecified atom stereocenters. The molecule has 0 atom stereocenters. The normalized spacial score (nSPS) is 10.7. The third kappa shape index (κ3) is 3.88. The van der Waals surface area contributed by atoms with E-state index >= 15 is 0 Å². The van der Waals surface area contributed by atoms with Gasteiger partial charge >= 0.3 is 0 Å². The second-order valence-corrected chi connectivity index (χ2v) is 6.10. The van der Waals surface area contributed by atoms with Crippen LogP contribution in [0.4, 0.5) is 10.8 Å². The number of anilines is 2. The number of carbonyl (C=O) groups excluding carboxylic acids is 2. The van der Waals surface area contributed by atoms with Gasteiger partial charge in [0.15, 0.2) is 0 Å². The number of amides is 2. The highest BCUT2D eigenvalue weighted by molar-refractivity contribution is 7.15. The molecular formula is C15H18N4O2S. The zero-order valence-electron chi connectivity index (χ0n) is 12.5. The van der Waals surface area contributed by atoms with Crippen LogP contribution in [0.1, 0.15) is 37.6 Å². The number of carbonyl (C=O) groups is 2. The highest BCUT2D eigenvalue weighted by Crippen LogP contribution is 2.31. The van der Waals surface area contributed by atoms with Gasteiger partial charge in [-0.3, -0.25) is 14.5 Å². The van der Waals surface area contributed by atoms with E-state index in [0.29, 0.717) is 10.8 Å². The molecule has 116 valence electrons. The number of rotatable bonds is 6. The lowest BCUT2D eigenvalue weighted by Gasteiger charge is -2.19. The molecule has 0 saturated heterocycles. The molecule has 2 rings (SSSR count). The Morgan fingerprint density at radius 2 is 1.86 bits per heavy atom. The van der Waals surface area contributed by atoms with Crippen molar-refractivity contribution in [2.45, 2.75) is 32.6 Å². The Morgan fingerprint density at radius 3 is 2.41 bits per heavy atom. The van der Waals surface area contributed by atoms with Crippen molar-refractivity contribution in [3.05, 3.63) is 35.3 Å². The number of hydrogen-bond donors (Lipinski definition) is 1. The Hall–Kier alpha value is -2.28. The van der Waals surface area contributed by atoms with E-state index in [1.807, 2.05) is 44.2 Å². The van der Waals surface area contributed by atoms with E-state index in [9.17, 15) is 9.59 Å². The van der Waals surface area contributed by atoms with Crippen molar-refractivity contribution in [3.63, 3.8) is 0 Å². The highest BCUT2D eigenvalue weighted by atomic mass is 32.1. The van der Waals surface area contributed by atoms with Crippen LogP contribution in [0.15, 0.2) is 30.3 Å². The third-order valence-electron chi connectivity index (χ3n) is 2.96. The summed E-state index contributed by atoms with van der Waals surface area (Å²) in [6.45, 7) is 4.04. The molecule has 0 aliphatic heterocycles. The van der Waals surface area contributed by atoms with Crippen molar-refractivity contribution in [1.82, 2.24) is 10.2 Å². The number of nitrogens with two attached hydrogens (primary N) is 1. The van der Waals surface area contributed by atoms with Gasteiger partial charge in [0.05, 0.1) is 5.69 Å². The summed E-state index contributed by atoms with van der Waals surface area (Å²) in [4.78, 5) is 24.9. The van der Waals surface area contributed by atoms with Gasteiger partial charge in [0.2, 0.25) is 16.9 Å². The van der Waals surface area contributed by atoms with Gasteiger partial charge in [0.1, 0.15) is 5.01 Å². The first-order valence-electron chi connectivity index (χ1n) is 6.98. The topological polar surface area (TPSA) is 89.2 Å². The molecule has 2 aromatic rings. The van der Waals surface area contributed by atoms with Crippen LogP contribution >= 0.6 is 11.3 Å². The average molecular weight is 318 g/mol. The molecular weight excluding hydrogens is 300 g/mol. The van der Waals surface area contributed by atoms with Gasteiger partial charge < -0.3 is 5.73 Å². The van der Waals surface area contributed by atoms with Crippen LogP contribution in [-0.2, 0) is 9.59 Å². The first-order chi connectivity index (χ1) is 10.5. The molecule has 1 aromatic heterocycles. The average Bonchev–Trinajstić information content (AvgIpc) is 2.96. The lowest BCUT2D eigenvalue weighted by Crippen LogP contribution is -2.27. The fourth-order valence-corrected chi connectivity index (χ4v) is 2.71. The lowest BCUT2D eigenvalue weighted by atomic mass is 10.2. The maximum atomic E-state index is 12.5. The van der Waals surface area contributed by atoms with Gasteiger partial charge in [0.25, 0.3) is 0 Å². The summed E-state index contributed by atoms with van der Waals surface area (Å²) < 4.78 is 0. The van der Waals surface area contributed by atoms with Crippen molar-refractivity contribution in [2.24, 2.45) is 5.73 Å². The molecule has 0 bridgehead atoms. The predicted octanol–water partition coefficient (Wildman–Crippen LogP) is 2.59. The molecule has 0 saturated carbocycles. The predicted molar refractivity (Wildman–Crippen MR) is 86.0 cm³/mol. The van der Waals surface area contributed by atoms with Crippen molar-refractivity contribution in [2.75, 3.05) is 4.90 Å². The van der Waals surface area contributed by atoms with E-state index < -0.39 is 5.91 Å². The summed E-state index contributed by atoms with van der Waals surface area (Å²) in [7, 11) is 0. The summed E-state index contributed by atoms with van der Waals surface area (Å²) in [6.07, 6.45) is 0.0544. The molecule has 22 heavy (non-hydrogen) atoms. The van der Waals surface area contributed by atoms with Gasteiger partial charge in [-0.15, -0.1) is 10.2 Å². The Bertz CT molecular complexity index is 655. The molecule has 1 aromatic carbocycles. The van der Waals surface area contributed by atoms with Crippen molar-refractivity contribution < 1.29 is 9.59 Å². The second kappa shape index (κ2) is 7.13. The SMILES string of the molecule is CC(C)c1nnc(N(C(=O)CCC(N)=O)c2ccccc2)s1. The first kappa shape index (κ1) is 16.1. The third-order valence-corrected chi connectivity index (χ3v) is 4.17. The fraction of sp³-hybridized carbons (Fsp3) is 0.333. The van der Waals surface area contributed by atoms with Gasteiger partial charge in [-0.2, -0.15) is 0 Å². The molecule has 2 amide bonds.